The van der Waals surface area contributed by atoms with Crippen molar-refractivity contribution in [1.82, 2.24) is 24.5 Å². The summed E-state index contributed by atoms with van der Waals surface area (Å²) in [4.78, 5) is 38.4. The molecule has 2 unspecified atom stereocenters. The molecule has 14 heteroatoms. The lowest BCUT2D eigenvalue weighted by Gasteiger charge is -2.31. The van der Waals surface area contributed by atoms with Gasteiger partial charge in [-0.1, -0.05) is 53.7 Å². The zero-order valence-corrected chi connectivity index (χ0v) is 24.4. The molecule has 2 fully saturated rings. The maximum Gasteiger partial charge on any atom is 0.330 e. The van der Waals surface area contributed by atoms with E-state index in [1.807, 2.05) is 18.2 Å². The molecular formula is C30H26N5O8P. The van der Waals surface area contributed by atoms with Crippen molar-refractivity contribution in [3.05, 3.63) is 87.8 Å². The minimum absolute atomic E-state index is 0.0106. The van der Waals surface area contributed by atoms with E-state index in [2.05, 4.69) is 51.7 Å². The van der Waals surface area contributed by atoms with Gasteiger partial charge in [-0.15, -0.1) is 5.10 Å². The van der Waals surface area contributed by atoms with E-state index >= 15 is 0 Å². The fourth-order valence-electron chi connectivity index (χ4n) is 6.61. The van der Waals surface area contributed by atoms with Crippen molar-refractivity contribution in [3.8, 4) is 16.9 Å². The first-order valence-corrected chi connectivity index (χ1v) is 15.9. The lowest BCUT2D eigenvalue weighted by atomic mass is 9.93. The lowest BCUT2D eigenvalue weighted by molar-refractivity contribution is -0.190. The number of H-pyrrole nitrogens is 1. The van der Waals surface area contributed by atoms with E-state index in [4.69, 9.17) is 18.7 Å². The highest BCUT2D eigenvalue weighted by molar-refractivity contribution is 7.51. The van der Waals surface area contributed by atoms with Gasteiger partial charge in [0.2, 0.25) is 0 Å². The van der Waals surface area contributed by atoms with E-state index < -0.39 is 42.9 Å². The number of aromatic amines is 1. The topological polar surface area (TPSA) is 160 Å². The van der Waals surface area contributed by atoms with Crippen molar-refractivity contribution in [3.63, 3.8) is 0 Å². The molecular weight excluding hydrogens is 589 g/mol. The number of ether oxygens (including phenoxy) is 3. The fourth-order valence-corrected chi connectivity index (χ4v) is 7.35. The molecule has 2 saturated heterocycles. The van der Waals surface area contributed by atoms with E-state index in [9.17, 15) is 19.0 Å². The Morgan fingerprint density at radius 1 is 1.07 bits per heavy atom. The molecule has 2 aliphatic rings. The third kappa shape index (κ3) is 4.09. The Morgan fingerprint density at radius 3 is 2.55 bits per heavy atom. The van der Waals surface area contributed by atoms with Crippen molar-refractivity contribution in [2.24, 2.45) is 0 Å². The molecule has 0 radical (unpaired) electrons. The van der Waals surface area contributed by atoms with Crippen LogP contribution in [0.25, 0.3) is 49.3 Å². The Bertz CT molecular complexity index is 2240. The monoisotopic (exact) mass is 615 g/mol. The second kappa shape index (κ2) is 9.63. The van der Waals surface area contributed by atoms with Gasteiger partial charge in [-0.25, -0.2) is 9.48 Å². The van der Waals surface area contributed by atoms with Crippen molar-refractivity contribution in [2.45, 2.75) is 24.0 Å². The second-order valence-electron chi connectivity index (χ2n) is 11.3. The van der Waals surface area contributed by atoms with Crippen molar-refractivity contribution < 1.29 is 28.2 Å². The van der Waals surface area contributed by atoms with Gasteiger partial charge in [0.05, 0.1) is 30.7 Å². The fraction of sp³-hybridized carbons (Fsp3) is 0.267. The molecule has 6 aromatic rings. The molecule has 4 heterocycles. The minimum atomic E-state index is -3.96. The largest absolute Gasteiger partial charge is 0.381 e. The van der Waals surface area contributed by atoms with E-state index in [0.29, 0.717) is 0 Å². The summed E-state index contributed by atoms with van der Waals surface area (Å²) in [6.45, 7) is 1.09. The molecule has 0 amide bonds. The van der Waals surface area contributed by atoms with Crippen LogP contribution in [-0.2, 0) is 23.3 Å². The van der Waals surface area contributed by atoms with Crippen LogP contribution in [0.4, 0.5) is 0 Å². The van der Waals surface area contributed by atoms with Gasteiger partial charge >= 0.3 is 13.3 Å². The Morgan fingerprint density at radius 2 is 1.80 bits per heavy atom. The highest BCUT2D eigenvalue weighted by Gasteiger charge is 2.64. The van der Waals surface area contributed by atoms with E-state index in [1.165, 1.54) is 17.9 Å². The van der Waals surface area contributed by atoms with E-state index in [1.54, 1.807) is 10.9 Å². The number of aromatic nitrogens is 5. The third-order valence-electron chi connectivity index (χ3n) is 8.44. The van der Waals surface area contributed by atoms with Crippen molar-refractivity contribution >= 4 is 39.9 Å². The van der Waals surface area contributed by atoms with Gasteiger partial charge in [0.15, 0.2) is 6.23 Å². The molecule has 5 atom stereocenters. The van der Waals surface area contributed by atoms with Crippen LogP contribution in [0.2, 0.25) is 0 Å². The van der Waals surface area contributed by atoms with Crippen molar-refractivity contribution in [2.75, 3.05) is 27.0 Å². The highest BCUT2D eigenvalue weighted by Crippen LogP contribution is 2.52. The SMILES string of the molecule is COC[C@@]12COC([C@H](n3cc(-c4cn(-c5ccc6ccc7cccc8ccc5c6c78)nn4)c(=O)[nH]c3=O)O1)[C@H]2OP(C)(=O)O. The average Bonchev–Trinajstić information content (AvgIpc) is 3.68. The van der Waals surface area contributed by atoms with E-state index in [0.717, 1.165) is 44.7 Å². The van der Waals surface area contributed by atoms with Crippen LogP contribution in [0.15, 0.2) is 76.6 Å². The summed E-state index contributed by atoms with van der Waals surface area (Å²) in [6.07, 6.45) is -0.0376. The lowest BCUT2D eigenvalue weighted by Crippen LogP contribution is -2.46. The van der Waals surface area contributed by atoms with Crippen LogP contribution in [0.5, 0.6) is 0 Å². The number of fused-ring (bicyclic) bond motifs is 2. The summed E-state index contributed by atoms with van der Waals surface area (Å²) in [6, 6.07) is 18.5. The Hall–Kier alpha value is -4.23. The number of benzene rings is 4. The zero-order valence-electron chi connectivity index (χ0n) is 23.5. The van der Waals surface area contributed by atoms with Gasteiger partial charge in [-0.3, -0.25) is 23.4 Å². The summed E-state index contributed by atoms with van der Waals surface area (Å²) in [5, 5.41) is 15.2. The number of hydrogen-bond donors (Lipinski definition) is 2. The minimum Gasteiger partial charge on any atom is -0.381 e. The van der Waals surface area contributed by atoms with Crippen LogP contribution in [0.1, 0.15) is 6.23 Å². The summed E-state index contributed by atoms with van der Waals surface area (Å²) in [5.74, 6) is 0. The average molecular weight is 616 g/mol. The van der Waals surface area contributed by atoms with Gasteiger partial charge in [0.25, 0.3) is 5.56 Å². The first-order valence-electron chi connectivity index (χ1n) is 13.9. The summed E-state index contributed by atoms with van der Waals surface area (Å²) >= 11 is 0. The Kier molecular flexibility index (Phi) is 5.98. The first-order chi connectivity index (χ1) is 21.2. The molecule has 4 aromatic carbocycles. The molecule has 2 bridgehead atoms. The summed E-state index contributed by atoms with van der Waals surface area (Å²) < 4.78 is 37.8. The number of methoxy groups -OCH3 is 1. The maximum absolute atomic E-state index is 13.0. The molecule has 8 rings (SSSR count). The molecule has 224 valence electrons. The number of hydrogen-bond acceptors (Lipinski definition) is 9. The first kappa shape index (κ1) is 27.3. The molecule has 2 N–H and O–H groups in total. The molecule has 44 heavy (non-hydrogen) atoms. The molecule has 0 aliphatic carbocycles. The molecule has 2 aromatic heterocycles. The summed E-state index contributed by atoms with van der Waals surface area (Å²) in [7, 11) is -2.50. The van der Waals surface area contributed by atoms with Crippen molar-refractivity contribution in [1.29, 1.82) is 0 Å². The van der Waals surface area contributed by atoms with Crippen LogP contribution in [-0.4, -0.2) is 74.2 Å². The molecule has 0 spiro atoms. The smallest absolute Gasteiger partial charge is 0.330 e. The second-order valence-corrected chi connectivity index (χ2v) is 13.1. The van der Waals surface area contributed by atoms with Gasteiger partial charge in [-0.2, -0.15) is 0 Å². The highest BCUT2D eigenvalue weighted by atomic mass is 31.2. The number of rotatable bonds is 7. The maximum atomic E-state index is 13.0. The third-order valence-corrected chi connectivity index (χ3v) is 9.05. The number of nitrogens with one attached hydrogen (secondary N) is 1. The van der Waals surface area contributed by atoms with Crippen LogP contribution < -0.4 is 11.2 Å². The molecule has 2 aliphatic heterocycles. The Labute approximate surface area is 248 Å². The van der Waals surface area contributed by atoms with E-state index in [-0.39, 0.29) is 24.5 Å². The summed E-state index contributed by atoms with van der Waals surface area (Å²) in [5.41, 5.74) is -1.57. The standard InChI is InChI=1S/C30H26N5O8P/c1-40-14-30-15-41-25(26(30)43-44(2,38)39)28(42-30)34-12-20(27(36)31-29(34)37)21-13-35(33-32-21)22-11-9-18-7-6-16-4-3-5-17-8-10-19(22)24(18)23(16)17/h3-13,25-26,28H,14-15H2,1-2H3,(H,38,39)(H,31,36,37)/t25?,26-,28-,30+/m1/s1. The van der Waals surface area contributed by atoms with Crippen LogP contribution in [0.3, 0.4) is 0 Å². The van der Waals surface area contributed by atoms with Crippen LogP contribution in [0, 0.1) is 0 Å². The quantitative estimate of drug-likeness (QED) is 0.202. The molecule has 13 nitrogen and oxygen atoms in total. The zero-order chi connectivity index (χ0) is 30.4. The van der Waals surface area contributed by atoms with Gasteiger partial charge < -0.3 is 19.1 Å². The predicted octanol–water partition coefficient (Wildman–Crippen LogP) is 3.19. The van der Waals surface area contributed by atoms with Gasteiger partial charge in [0.1, 0.15) is 23.5 Å². The van der Waals surface area contributed by atoms with Gasteiger partial charge in [-0.05, 0) is 33.0 Å². The number of nitrogens with zero attached hydrogens (tertiary/aromatic N) is 4. The normalized spacial score (nSPS) is 24.6. The molecule has 0 saturated carbocycles. The predicted molar refractivity (Wildman–Crippen MR) is 160 cm³/mol. The Balaban J connectivity index is 1.20. The van der Waals surface area contributed by atoms with Crippen LogP contribution >= 0.6 is 7.60 Å². The van der Waals surface area contributed by atoms with Gasteiger partial charge in [0, 0.05) is 25.4 Å².